The fourth-order valence-electron chi connectivity index (χ4n) is 2.11. The average molecular weight is 286 g/mol. The van der Waals surface area contributed by atoms with Crippen LogP contribution in [0.15, 0.2) is 53.4 Å². The number of nitrogens with one attached hydrogen (secondary N) is 1. The maximum absolute atomic E-state index is 3.55. The third-order valence-corrected chi connectivity index (χ3v) is 4.09. The van der Waals surface area contributed by atoms with Crippen LogP contribution in [0.3, 0.4) is 0 Å². The number of thioether (sulfide) groups is 1. The molecule has 0 bridgehead atoms. The molecule has 20 heavy (non-hydrogen) atoms. The van der Waals surface area contributed by atoms with Crippen LogP contribution < -0.4 is 10.2 Å². The van der Waals surface area contributed by atoms with Gasteiger partial charge >= 0.3 is 0 Å². The Balaban J connectivity index is 2.08. The van der Waals surface area contributed by atoms with E-state index in [0.29, 0.717) is 6.04 Å². The highest BCUT2D eigenvalue weighted by Crippen LogP contribution is 2.24. The van der Waals surface area contributed by atoms with Gasteiger partial charge in [0.05, 0.1) is 0 Å². The lowest BCUT2D eigenvalue weighted by molar-refractivity contribution is 0.883. The van der Waals surface area contributed by atoms with E-state index in [0.717, 1.165) is 0 Å². The highest BCUT2D eigenvalue weighted by molar-refractivity contribution is 7.98. The first-order valence-corrected chi connectivity index (χ1v) is 8.00. The second kappa shape index (κ2) is 6.71. The summed E-state index contributed by atoms with van der Waals surface area (Å²) in [6.07, 6.45) is 2.10. The molecule has 0 aromatic heterocycles. The first-order valence-electron chi connectivity index (χ1n) is 6.78. The molecule has 2 nitrogen and oxygen atoms in total. The molecule has 0 spiro atoms. The van der Waals surface area contributed by atoms with Gasteiger partial charge in [-0.2, -0.15) is 0 Å². The Bertz CT molecular complexity index is 549. The Morgan fingerprint density at radius 2 is 1.75 bits per heavy atom. The number of anilines is 2. The Morgan fingerprint density at radius 3 is 2.35 bits per heavy atom. The average Bonchev–Trinajstić information content (AvgIpc) is 2.47. The van der Waals surface area contributed by atoms with Crippen LogP contribution in [0.25, 0.3) is 0 Å². The van der Waals surface area contributed by atoms with Gasteiger partial charge < -0.3 is 10.2 Å². The maximum atomic E-state index is 3.55. The molecule has 0 radical (unpaired) electrons. The molecule has 1 atom stereocenters. The second-order valence-electron chi connectivity index (χ2n) is 5.08. The van der Waals surface area contributed by atoms with Gasteiger partial charge in [-0.25, -0.2) is 0 Å². The van der Waals surface area contributed by atoms with Crippen molar-refractivity contribution in [3.05, 3.63) is 54.1 Å². The van der Waals surface area contributed by atoms with Gasteiger partial charge in [0.15, 0.2) is 0 Å². The quantitative estimate of drug-likeness (QED) is 0.806. The minimum atomic E-state index is 0.295. The van der Waals surface area contributed by atoms with E-state index in [4.69, 9.17) is 0 Å². The zero-order valence-electron chi connectivity index (χ0n) is 12.6. The molecule has 2 aromatic rings. The molecule has 0 aliphatic carbocycles. The van der Waals surface area contributed by atoms with E-state index in [1.807, 2.05) is 0 Å². The van der Waals surface area contributed by atoms with Gasteiger partial charge in [-0.1, -0.05) is 18.2 Å². The molecule has 0 heterocycles. The molecule has 0 aliphatic rings. The van der Waals surface area contributed by atoms with Crippen LogP contribution in [-0.2, 0) is 0 Å². The van der Waals surface area contributed by atoms with Gasteiger partial charge in [-0.15, -0.1) is 11.8 Å². The van der Waals surface area contributed by atoms with Crippen LogP contribution in [-0.4, -0.2) is 20.4 Å². The Kier molecular flexibility index (Phi) is 4.96. The molecule has 2 rings (SSSR count). The van der Waals surface area contributed by atoms with Gasteiger partial charge in [0.1, 0.15) is 0 Å². The van der Waals surface area contributed by atoms with Crippen molar-refractivity contribution in [2.24, 2.45) is 0 Å². The third-order valence-electron chi connectivity index (χ3n) is 3.36. The molecule has 0 saturated carbocycles. The number of hydrogen-bond donors (Lipinski definition) is 1. The highest BCUT2D eigenvalue weighted by Gasteiger charge is 2.06. The summed E-state index contributed by atoms with van der Waals surface area (Å²) >= 11 is 1.77. The van der Waals surface area contributed by atoms with Crippen molar-refractivity contribution in [1.82, 2.24) is 0 Å². The van der Waals surface area contributed by atoms with Crippen molar-refractivity contribution in [3.63, 3.8) is 0 Å². The fourth-order valence-corrected chi connectivity index (χ4v) is 2.57. The Morgan fingerprint density at radius 1 is 1.05 bits per heavy atom. The van der Waals surface area contributed by atoms with Gasteiger partial charge in [0, 0.05) is 36.4 Å². The molecule has 1 N–H and O–H groups in total. The summed E-state index contributed by atoms with van der Waals surface area (Å²) in [5.74, 6) is 0. The molecular weight excluding hydrogens is 264 g/mol. The van der Waals surface area contributed by atoms with Crippen LogP contribution in [0.2, 0.25) is 0 Å². The summed E-state index contributed by atoms with van der Waals surface area (Å²) in [7, 11) is 4.12. The number of benzene rings is 2. The Hall–Kier alpha value is -1.61. The smallest absolute Gasteiger partial charge is 0.0485 e. The molecule has 106 valence electrons. The molecular formula is C17H22N2S. The van der Waals surface area contributed by atoms with Crippen molar-refractivity contribution < 1.29 is 0 Å². The zero-order chi connectivity index (χ0) is 14.5. The molecule has 2 aromatic carbocycles. The molecule has 0 amide bonds. The standard InChI is InChI=1S/C17H22N2S/c1-13(14-8-10-16(11-9-14)19(2)3)18-15-6-5-7-17(12-15)20-4/h5-13,18H,1-4H3. The van der Waals surface area contributed by atoms with Crippen molar-refractivity contribution in [3.8, 4) is 0 Å². The molecule has 0 aliphatic heterocycles. The minimum absolute atomic E-state index is 0.295. The van der Waals surface area contributed by atoms with Crippen molar-refractivity contribution in [2.75, 3.05) is 30.6 Å². The summed E-state index contributed by atoms with van der Waals surface area (Å²) in [5.41, 5.74) is 3.69. The van der Waals surface area contributed by atoms with Gasteiger partial charge in [0.2, 0.25) is 0 Å². The van der Waals surface area contributed by atoms with E-state index in [2.05, 4.69) is 86.0 Å². The lowest BCUT2D eigenvalue weighted by Gasteiger charge is -2.18. The first-order chi connectivity index (χ1) is 9.60. The minimum Gasteiger partial charge on any atom is -0.378 e. The van der Waals surface area contributed by atoms with Crippen LogP contribution in [0, 0.1) is 0 Å². The van der Waals surface area contributed by atoms with E-state index >= 15 is 0 Å². The monoisotopic (exact) mass is 286 g/mol. The lowest BCUT2D eigenvalue weighted by atomic mass is 10.1. The summed E-state index contributed by atoms with van der Waals surface area (Å²) in [4.78, 5) is 3.40. The summed E-state index contributed by atoms with van der Waals surface area (Å²) in [6.45, 7) is 2.19. The predicted octanol–water partition coefficient (Wildman–Crippen LogP) is 4.65. The Labute approximate surface area is 126 Å². The summed E-state index contributed by atoms with van der Waals surface area (Å²) < 4.78 is 0. The van der Waals surface area contributed by atoms with E-state index in [1.54, 1.807) is 11.8 Å². The normalized spacial score (nSPS) is 12.0. The number of rotatable bonds is 5. The van der Waals surface area contributed by atoms with E-state index in [1.165, 1.54) is 21.8 Å². The summed E-state index contributed by atoms with van der Waals surface area (Å²) in [6, 6.07) is 17.5. The van der Waals surface area contributed by atoms with E-state index in [9.17, 15) is 0 Å². The van der Waals surface area contributed by atoms with Crippen molar-refractivity contribution in [1.29, 1.82) is 0 Å². The van der Waals surface area contributed by atoms with Crippen LogP contribution >= 0.6 is 11.8 Å². The SMILES string of the molecule is CSc1cccc(NC(C)c2ccc(N(C)C)cc2)c1. The predicted molar refractivity (Wildman–Crippen MR) is 91.0 cm³/mol. The molecule has 0 saturated heterocycles. The fraction of sp³-hybridized carbons (Fsp3) is 0.294. The number of nitrogens with zero attached hydrogens (tertiary/aromatic N) is 1. The third kappa shape index (κ3) is 3.70. The highest BCUT2D eigenvalue weighted by atomic mass is 32.2. The summed E-state index contributed by atoms with van der Waals surface area (Å²) in [5, 5.41) is 3.55. The van der Waals surface area contributed by atoms with Crippen LogP contribution in [0.4, 0.5) is 11.4 Å². The largest absolute Gasteiger partial charge is 0.378 e. The molecule has 0 fully saturated rings. The maximum Gasteiger partial charge on any atom is 0.0485 e. The molecule has 3 heteroatoms. The van der Waals surface area contributed by atoms with E-state index in [-0.39, 0.29) is 0 Å². The topological polar surface area (TPSA) is 15.3 Å². The van der Waals surface area contributed by atoms with Gasteiger partial charge in [0.25, 0.3) is 0 Å². The number of hydrogen-bond acceptors (Lipinski definition) is 3. The van der Waals surface area contributed by atoms with Crippen molar-refractivity contribution >= 4 is 23.1 Å². The van der Waals surface area contributed by atoms with Crippen LogP contribution in [0.5, 0.6) is 0 Å². The van der Waals surface area contributed by atoms with Crippen molar-refractivity contribution in [2.45, 2.75) is 17.9 Å². The second-order valence-corrected chi connectivity index (χ2v) is 5.96. The van der Waals surface area contributed by atoms with Crippen LogP contribution in [0.1, 0.15) is 18.5 Å². The lowest BCUT2D eigenvalue weighted by Crippen LogP contribution is -2.10. The van der Waals surface area contributed by atoms with Gasteiger partial charge in [-0.3, -0.25) is 0 Å². The van der Waals surface area contributed by atoms with Gasteiger partial charge in [-0.05, 0) is 49.1 Å². The first kappa shape index (κ1) is 14.8. The zero-order valence-corrected chi connectivity index (χ0v) is 13.4. The van der Waals surface area contributed by atoms with E-state index < -0.39 is 0 Å². The molecule has 1 unspecified atom stereocenters.